The van der Waals surface area contributed by atoms with Gasteiger partial charge in [0.1, 0.15) is 5.75 Å². The SMILES string of the molecule is CCCCCCOC(=O)CCc1c(Cc2ccccc2)cccc1OCCCCCC. The number of carbonyl (C=O) groups is 1. The number of rotatable bonds is 16. The Labute approximate surface area is 189 Å². The molecule has 2 aromatic rings. The lowest BCUT2D eigenvalue weighted by molar-refractivity contribution is -0.143. The van der Waals surface area contributed by atoms with Crippen molar-refractivity contribution in [3.05, 3.63) is 65.2 Å². The first-order valence-corrected chi connectivity index (χ1v) is 12.2. The van der Waals surface area contributed by atoms with Gasteiger partial charge in [-0.05, 0) is 48.4 Å². The molecule has 2 rings (SSSR count). The molecule has 3 heteroatoms. The van der Waals surface area contributed by atoms with Crippen LogP contribution in [0.4, 0.5) is 0 Å². The van der Waals surface area contributed by atoms with Gasteiger partial charge in [-0.3, -0.25) is 4.79 Å². The van der Waals surface area contributed by atoms with Crippen molar-refractivity contribution < 1.29 is 14.3 Å². The lowest BCUT2D eigenvalue weighted by atomic mass is 9.96. The topological polar surface area (TPSA) is 35.5 Å². The van der Waals surface area contributed by atoms with Crippen molar-refractivity contribution in [2.24, 2.45) is 0 Å². The zero-order chi connectivity index (χ0) is 22.2. The summed E-state index contributed by atoms with van der Waals surface area (Å²) in [6, 6.07) is 16.7. The molecule has 0 atom stereocenters. The minimum absolute atomic E-state index is 0.111. The molecule has 0 heterocycles. The maximum absolute atomic E-state index is 12.3. The molecule has 0 aliphatic heterocycles. The minimum Gasteiger partial charge on any atom is -0.493 e. The van der Waals surface area contributed by atoms with Crippen LogP contribution in [0.5, 0.6) is 5.75 Å². The Balaban J connectivity index is 2.00. The summed E-state index contributed by atoms with van der Waals surface area (Å²) in [6.45, 7) is 5.66. The van der Waals surface area contributed by atoms with E-state index in [4.69, 9.17) is 9.47 Å². The van der Waals surface area contributed by atoms with Gasteiger partial charge in [-0.1, -0.05) is 94.8 Å². The summed E-state index contributed by atoms with van der Waals surface area (Å²) in [4.78, 5) is 12.3. The van der Waals surface area contributed by atoms with Gasteiger partial charge in [0.05, 0.1) is 13.2 Å². The molecule has 2 aromatic carbocycles. The van der Waals surface area contributed by atoms with E-state index in [9.17, 15) is 4.79 Å². The van der Waals surface area contributed by atoms with E-state index in [1.807, 2.05) is 12.1 Å². The molecule has 3 nitrogen and oxygen atoms in total. The van der Waals surface area contributed by atoms with Crippen molar-refractivity contribution in [2.75, 3.05) is 13.2 Å². The number of hydrogen-bond acceptors (Lipinski definition) is 3. The van der Waals surface area contributed by atoms with E-state index in [1.54, 1.807) is 0 Å². The summed E-state index contributed by atoms with van der Waals surface area (Å²) in [5, 5.41) is 0. The van der Waals surface area contributed by atoms with E-state index in [1.165, 1.54) is 43.2 Å². The van der Waals surface area contributed by atoms with Crippen LogP contribution in [-0.2, 0) is 22.4 Å². The fraction of sp³-hybridized carbons (Fsp3) is 0.536. The van der Waals surface area contributed by atoms with Crippen molar-refractivity contribution >= 4 is 5.97 Å². The van der Waals surface area contributed by atoms with Crippen LogP contribution in [0.15, 0.2) is 48.5 Å². The molecule has 0 amide bonds. The highest BCUT2D eigenvalue weighted by atomic mass is 16.5. The molecular weight excluding hydrogens is 384 g/mol. The number of carbonyl (C=O) groups excluding carboxylic acids is 1. The van der Waals surface area contributed by atoms with Gasteiger partial charge in [0.25, 0.3) is 0 Å². The average molecular weight is 425 g/mol. The van der Waals surface area contributed by atoms with Crippen LogP contribution >= 0.6 is 0 Å². The predicted molar refractivity (Wildman–Crippen MR) is 129 cm³/mol. The molecule has 0 unspecified atom stereocenters. The smallest absolute Gasteiger partial charge is 0.306 e. The first-order valence-electron chi connectivity index (χ1n) is 12.2. The maximum atomic E-state index is 12.3. The highest BCUT2D eigenvalue weighted by molar-refractivity contribution is 5.70. The number of unbranched alkanes of at least 4 members (excludes halogenated alkanes) is 6. The quantitative estimate of drug-likeness (QED) is 0.210. The molecule has 0 aliphatic carbocycles. The van der Waals surface area contributed by atoms with E-state index in [0.29, 0.717) is 19.4 Å². The van der Waals surface area contributed by atoms with Gasteiger partial charge in [-0.15, -0.1) is 0 Å². The standard InChI is InChI=1S/C28H40O3/c1-3-5-7-12-21-30-27-18-14-17-25(23-24-15-10-9-11-16-24)26(27)19-20-28(29)31-22-13-8-6-4-2/h9-11,14-18H,3-8,12-13,19-23H2,1-2H3. The molecule has 0 bridgehead atoms. The van der Waals surface area contributed by atoms with Crippen LogP contribution in [0.2, 0.25) is 0 Å². The van der Waals surface area contributed by atoms with Crippen LogP contribution in [0.3, 0.4) is 0 Å². The fourth-order valence-electron chi connectivity index (χ4n) is 3.74. The van der Waals surface area contributed by atoms with Gasteiger partial charge in [0, 0.05) is 6.42 Å². The van der Waals surface area contributed by atoms with Crippen molar-refractivity contribution in [3.63, 3.8) is 0 Å². The van der Waals surface area contributed by atoms with Crippen LogP contribution in [0.1, 0.15) is 88.3 Å². The first-order chi connectivity index (χ1) is 15.2. The zero-order valence-electron chi connectivity index (χ0n) is 19.5. The highest BCUT2D eigenvalue weighted by Gasteiger charge is 2.13. The molecule has 0 aliphatic rings. The number of ether oxygens (including phenoxy) is 2. The van der Waals surface area contributed by atoms with Gasteiger partial charge in [-0.25, -0.2) is 0 Å². The number of hydrogen-bond donors (Lipinski definition) is 0. The molecular formula is C28H40O3. The Morgan fingerprint density at radius 2 is 1.48 bits per heavy atom. The van der Waals surface area contributed by atoms with E-state index < -0.39 is 0 Å². The zero-order valence-corrected chi connectivity index (χ0v) is 19.5. The lowest BCUT2D eigenvalue weighted by Gasteiger charge is -2.16. The van der Waals surface area contributed by atoms with Crippen LogP contribution in [-0.4, -0.2) is 19.2 Å². The summed E-state index contributed by atoms with van der Waals surface area (Å²) in [5.41, 5.74) is 3.64. The Hall–Kier alpha value is -2.29. The first kappa shape index (κ1) is 25.0. The van der Waals surface area contributed by atoms with E-state index in [-0.39, 0.29) is 5.97 Å². The number of esters is 1. The van der Waals surface area contributed by atoms with E-state index >= 15 is 0 Å². The summed E-state index contributed by atoms with van der Waals surface area (Å²) >= 11 is 0. The van der Waals surface area contributed by atoms with E-state index in [0.717, 1.165) is 43.6 Å². The van der Waals surface area contributed by atoms with Crippen molar-refractivity contribution in [1.29, 1.82) is 0 Å². The molecule has 0 saturated carbocycles. The number of benzene rings is 2. The third kappa shape index (κ3) is 10.0. The second-order valence-corrected chi connectivity index (χ2v) is 8.25. The summed E-state index contributed by atoms with van der Waals surface area (Å²) in [6.07, 6.45) is 11.1. The van der Waals surface area contributed by atoms with Gasteiger partial charge >= 0.3 is 5.97 Å². The summed E-state index contributed by atoms with van der Waals surface area (Å²) in [7, 11) is 0. The molecule has 170 valence electrons. The third-order valence-corrected chi connectivity index (χ3v) is 5.56. The summed E-state index contributed by atoms with van der Waals surface area (Å²) < 4.78 is 11.6. The predicted octanol–water partition coefficient (Wildman–Crippen LogP) is 7.29. The van der Waals surface area contributed by atoms with Gasteiger partial charge < -0.3 is 9.47 Å². The normalized spacial score (nSPS) is 10.8. The lowest BCUT2D eigenvalue weighted by Crippen LogP contribution is -2.10. The molecule has 31 heavy (non-hydrogen) atoms. The van der Waals surface area contributed by atoms with Crippen LogP contribution in [0.25, 0.3) is 0 Å². The Kier molecular flexibility index (Phi) is 12.5. The van der Waals surface area contributed by atoms with Crippen molar-refractivity contribution in [1.82, 2.24) is 0 Å². The molecule has 0 N–H and O–H groups in total. The highest BCUT2D eigenvalue weighted by Crippen LogP contribution is 2.27. The third-order valence-electron chi connectivity index (χ3n) is 5.56. The largest absolute Gasteiger partial charge is 0.493 e. The Morgan fingerprint density at radius 1 is 0.774 bits per heavy atom. The van der Waals surface area contributed by atoms with Gasteiger partial charge in [-0.2, -0.15) is 0 Å². The molecule has 0 fully saturated rings. The second kappa shape index (κ2) is 15.5. The molecule has 0 saturated heterocycles. The monoisotopic (exact) mass is 424 g/mol. The minimum atomic E-state index is -0.111. The molecule has 0 spiro atoms. The maximum Gasteiger partial charge on any atom is 0.306 e. The average Bonchev–Trinajstić information content (AvgIpc) is 2.79. The van der Waals surface area contributed by atoms with Gasteiger partial charge in [0.15, 0.2) is 0 Å². The summed E-state index contributed by atoms with van der Waals surface area (Å²) in [5.74, 6) is 0.806. The molecule has 0 radical (unpaired) electrons. The van der Waals surface area contributed by atoms with Crippen molar-refractivity contribution in [3.8, 4) is 5.75 Å². The molecule has 0 aromatic heterocycles. The van der Waals surface area contributed by atoms with E-state index in [2.05, 4.69) is 50.2 Å². The van der Waals surface area contributed by atoms with Crippen molar-refractivity contribution in [2.45, 2.75) is 84.5 Å². The van der Waals surface area contributed by atoms with Crippen LogP contribution < -0.4 is 4.74 Å². The second-order valence-electron chi connectivity index (χ2n) is 8.25. The Bertz CT molecular complexity index is 739. The Morgan fingerprint density at radius 3 is 2.19 bits per heavy atom. The fourth-order valence-corrected chi connectivity index (χ4v) is 3.74. The van der Waals surface area contributed by atoms with Crippen LogP contribution in [0, 0.1) is 0 Å². The van der Waals surface area contributed by atoms with Gasteiger partial charge in [0.2, 0.25) is 0 Å².